The lowest BCUT2D eigenvalue weighted by atomic mass is 10.1. The van der Waals surface area contributed by atoms with Crippen LogP contribution in [0, 0.1) is 11.7 Å². The van der Waals surface area contributed by atoms with Gasteiger partial charge in [0.2, 0.25) is 0 Å². The van der Waals surface area contributed by atoms with E-state index in [2.05, 4.69) is 0 Å². The maximum Gasteiger partial charge on any atom is 0.161 e. The number of hydrogen-bond acceptors (Lipinski definition) is 2. The third-order valence-electron chi connectivity index (χ3n) is 1.99. The van der Waals surface area contributed by atoms with Gasteiger partial charge in [-0.05, 0) is 24.3 Å². The van der Waals surface area contributed by atoms with Crippen LogP contribution in [0.15, 0.2) is 30.3 Å². The molecular weight excluding hydrogens is 195 g/mol. The first-order valence-electron chi connectivity index (χ1n) is 4.71. The molecule has 0 bridgehead atoms. The van der Waals surface area contributed by atoms with Gasteiger partial charge in [0.15, 0.2) is 5.78 Å². The fourth-order valence-corrected chi connectivity index (χ4v) is 1.01. The van der Waals surface area contributed by atoms with Crippen molar-refractivity contribution in [3.8, 4) is 0 Å². The summed E-state index contributed by atoms with van der Waals surface area (Å²) in [4.78, 5) is 11.3. The van der Waals surface area contributed by atoms with Gasteiger partial charge in [-0.1, -0.05) is 13.8 Å². The molecule has 0 fully saturated rings. The fraction of sp³-hybridized carbons (Fsp3) is 0.250. The Labute approximate surface area is 88.1 Å². The molecule has 1 aromatic rings. The number of aliphatic hydroxyl groups excluding tert-OH is 1. The lowest BCUT2D eigenvalue weighted by Crippen LogP contribution is -2.03. The summed E-state index contributed by atoms with van der Waals surface area (Å²) in [6, 6.07) is 5.32. The Morgan fingerprint density at radius 1 is 1.33 bits per heavy atom. The molecule has 0 aromatic heterocycles. The van der Waals surface area contributed by atoms with Gasteiger partial charge in [-0.2, -0.15) is 0 Å². The largest absolute Gasteiger partial charge is 0.507 e. The van der Waals surface area contributed by atoms with Gasteiger partial charge in [0, 0.05) is 17.6 Å². The van der Waals surface area contributed by atoms with Crippen molar-refractivity contribution < 1.29 is 14.3 Å². The fourth-order valence-electron chi connectivity index (χ4n) is 1.01. The Morgan fingerprint density at radius 2 is 1.87 bits per heavy atom. The predicted molar refractivity (Wildman–Crippen MR) is 56.9 cm³/mol. The highest BCUT2D eigenvalue weighted by molar-refractivity contribution is 5.96. The molecule has 0 atom stereocenters. The number of carbonyl (C=O) groups excluding carboxylic acids is 1. The Balaban J connectivity index is 2.89. The molecule has 0 heterocycles. The second-order valence-corrected chi connectivity index (χ2v) is 3.59. The van der Waals surface area contributed by atoms with Crippen LogP contribution >= 0.6 is 0 Å². The smallest absolute Gasteiger partial charge is 0.161 e. The lowest BCUT2D eigenvalue weighted by molar-refractivity contribution is -0.117. The van der Waals surface area contributed by atoms with Crippen LogP contribution in [0.25, 0.3) is 5.76 Å². The van der Waals surface area contributed by atoms with Gasteiger partial charge < -0.3 is 5.11 Å². The minimum Gasteiger partial charge on any atom is -0.507 e. The third-order valence-corrected chi connectivity index (χ3v) is 1.99. The zero-order chi connectivity index (χ0) is 11.4. The second-order valence-electron chi connectivity index (χ2n) is 3.59. The van der Waals surface area contributed by atoms with Crippen molar-refractivity contribution in [3.63, 3.8) is 0 Å². The molecule has 80 valence electrons. The maximum absolute atomic E-state index is 12.6. The number of halogens is 1. The van der Waals surface area contributed by atoms with Gasteiger partial charge in [-0.25, -0.2) is 4.39 Å². The Hall–Kier alpha value is -1.64. The quantitative estimate of drug-likeness (QED) is 0.612. The van der Waals surface area contributed by atoms with Crippen LogP contribution in [0.2, 0.25) is 0 Å². The van der Waals surface area contributed by atoms with E-state index in [0.29, 0.717) is 5.56 Å². The molecule has 0 amide bonds. The van der Waals surface area contributed by atoms with Crippen molar-refractivity contribution in [1.29, 1.82) is 0 Å². The summed E-state index contributed by atoms with van der Waals surface area (Å²) in [5.74, 6) is -0.820. The van der Waals surface area contributed by atoms with Crippen LogP contribution in [-0.4, -0.2) is 10.9 Å². The van der Waals surface area contributed by atoms with Crippen LogP contribution in [0.4, 0.5) is 4.39 Å². The van der Waals surface area contributed by atoms with E-state index in [9.17, 15) is 14.3 Å². The summed E-state index contributed by atoms with van der Waals surface area (Å²) < 4.78 is 12.6. The summed E-state index contributed by atoms with van der Waals surface area (Å²) in [6.45, 7) is 3.49. The standard InChI is InChI=1S/C12H13FO2/c1-8(2)11(14)7-12(15)9-3-5-10(13)6-4-9/h3-8,15H,1-2H3. The second kappa shape index (κ2) is 4.73. The molecule has 2 nitrogen and oxygen atoms in total. The molecule has 0 aliphatic rings. The van der Waals surface area contributed by atoms with Crippen LogP contribution in [0.5, 0.6) is 0 Å². The summed E-state index contributed by atoms with van der Waals surface area (Å²) in [5, 5.41) is 9.55. The number of hydrogen-bond donors (Lipinski definition) is 1. The SMILES string of the molecule is CC(C)C(=O)C=C(O)c1ccc(F)cc1. The molecule has 3 heteroatoms. The number of carbonyl (C=O) groups is 1. The number of allylic oxidation sites excluding steroid dienone is 1. The highest BCUT2D eigenvalue weighted by Gasteiger charge is 2.06. The lowest BCUT2D eigenvalue weighted by Gasteiger charge is -2.01. The van der Waals surface area contributed by atoms with Gasteiger partial charge in [-0.3, -0.25) is 4.79 Å². The average molecular weight is 208 g/mol. The van der Waals surface area contributed by atoms with Crippen molar-refractivity contribution in [3.05, 3.63) is 41.7 Å². The molecule has 1 rings (SSSR count). The molecule has 15 heavy (non-hydrogen) atoms. The maximum atomic E-state index is 12.6. The molecule has 1 aromatic carbocycles. The van der Waals surface area contributed by atoms with Gasteiger partial charge in [-0.15, -0.1) is 0 Å². The molecule has 0 aliphatic carbocycles. The topological polar surface area (TPSA) is 37.3 Å². The summed E-state index contributed by atoms with van der Waals surface area (Å²) in [6.07, 6.45) is 1.16. The summed E-state index contributed by atoms with van der Waals surface area (Å²) in [7, 11) is 0. The van der Waals surface area contributed by atoms with Gasteiger partial charge in [0.25, 0.3) is 0 Å². The molecule has 0 saturated heterocycles. The van der Waals surface area contributed by atoms with Crippen molar-refractivity contribution in [2.45, 2.75) is 13.8 Å². The summed E-state index contributed by atoms with van der Waals surface area (Å²) in [5.41, 5.74) is 0.436. The Morgan fingerprint density at radius 3 is 2.33 bits per heavy atom. The predicted octanol–water partition coefficient (Wildman–Crippen LogP) is 2.95. The molecule has 0 saturated carbocycles. The van der Waals surface area contributed by atoms with Crippen molar-refractivity contribution in [2.75, 3.05) is 0 Å². The molecule has 0 spiro atoms. The summed E-state index contributed by atoms with van der Waals surface area (Å²) >= 11 is 0. The monoisotopic (exact) mass is 208 g/mol. The van der Waals surface area contributed by atoms with E-state index < -0.39 is 0 Å². The average Bonchev–Trinajstić information content (AvgIpc) is 2.18. The first-order chi connectivity index (χ1) is 7.00. The van der Waals surface area contributed by atoms with Gasteiger partial charge in [0.1, 0.15) is 11.6 Å². The van der Waals surface area contributed by atoms with Gasteiger partial charge >= 0.3 is 0 Å². The van der Waals surface area contributed by atoms with E-state index in [-0.39, 0.29) is 23.3 Å². The number of ketones is 1. The molecule has 0 aliphatic heterocycles. The van der Waals surface area contributed by atoms with Crippen LogP contribution < -0.4 is 0 Å². The van der Waals surface area contributed by atoms with Crippen molar-refractivity contribution in [1.82, 2.24) is 0 Å². The number of benzene rings is 1. The number of aliphatic hydroxyl groups is 1. The van der Waals surface area contributed by atoms with E-state index in [1.807, 2.05) is 0 Å². The highest BCUT2D eigenvalue weighted by Crippen LogP contribution is 2.13. The zero-order valence-corrected chi connectivity index (χ0v) is 8.70. The van der Waals surface area contributed by atoms with Crippen molar-refractivity contribution >= 4 is 11.5 Å². The molecule has 0 unspecified atom stereocenters. The minimum absolute atomic E-state index is 0.131. The first-order valence-corrected chi connectivity index (χ1v) is 4.71. The van der Waals surface area contributed by atoms with E-state index in [1.54, 1.807) is 13.8 Å². The third kappa shape index (κ3) is 3.20. The van der Waals surface area contributed by atoms with Crippen molar-refractivity contribution in [2.24, 2.45) is 5.92 Å². The molecular formula is C12H13FO2. The highest BCUT2D eigenvalue weighted by atomic mass is 19.1. The zero-order valence-electron chi connectivity index (χ0n) is 8.70. The molecule has 1 N–H and O–H groups in total. The van der Waals surface area contributed by atoms with Gasteiger partial charge in [0.05, 0.1) is 0 Å². The van der Waals surface area contributed by atoms with E-state index in [1.165, 1.54) is 24.3 Å². The minimum atomic E-state index is -0.373. The van der Waals surface area contributed by atoms with Crippen LogP contribution in [0.3, 0.4) is 0 Å². The Bertz CT molecular complexity index is 377. The normalized spacial score (nSPS) is 11.9. The molecule has 0 radical (unpaired) electrons. The van der Waals surface area contributed by atoms with E-state index in [4.69, 9.17) is 0 Å². The van der Waals surface area contributed by atoms with E-state index >= 15 is 0 Å². The van der Waals surface area contributed by atoms with Crippen LogP contribution in [-0.2, 0) is 4.79 Å². The number of rotatable bonds is 3. The van der Waals surface area contributed by atoms with E-state index in [0.717, 1.165) is 6.08 Å². The van der Waals surface area contributed by atoms with Crippen LogP contribution in [0.1, 0.15) is 19.4 Å². The Kier molecular flexibility index (Phi) is 3.61. The first kappa shape index (κ1) is 11.4.